The second-order valence-electron chi connectivity index (χ2n) is 7.28. The Balaban J connectivity index is 1.43. The first kappa shape index (κ1) is 15.3. The molecule has 21 heavy (non-hydrogen) atoms. The predicted octanol–water partition coefficient (Wildman–Crippen LogP) is 2.61. The molecule has 3 rings (SSSR count). The quantitative estimate of drug-likeness (QED) is 0.782. The molecule has 2 saturated heterocycles. The molecule has 1 spiro atoms. The number of rotatable bonds is 5. The third kappa shape index (κ3) is 3.59. The predicted molar refractivity (Wildman–Crippen MR) is 81.1 cm³/mol. The van der Waals surface area contributed by atoms with Gasteiger partial charge in [0.05, 0.1) is 13.1 Å². The Hall–Kier alpha value is -0.610. The molecule has 0 N–H and O–H groups in total. The summed E-state index contributed by atoms with van der Waals surface area (Å²) in [6.45, 7) is 3.33. The monoisotopic (exact) mass is 295 g/mol. The van der Waals surface area contributed by atoms with Crippen LogP contribution in [0.4, 0.5) is 0 Å². The Morgan fingerprint density at radius 3 is 2.71 bits per heavy atom. The van der Waals surface area contributed by atoms with Crippen LogP contribution in [0.2, 0.25) is 0 Å². The van der Waals surface area contributed by atoms with Crippen molar-refractivity contribution in [1.29, 1.82) is 0 Å². The number of hydrogen-bond acceptors (Lipinski definition) is 3. The van der Waals surface area contributed by atoms with Crippen LogP contribution in [0.5, 0.6) is 0 Å². The molecule has 4 heteroatoms. The smallest absolute Gasteiger partial charge is 0.223 e. The van der Waals surface area contributed by atoms with E-state index in [0.717, 1.165) is 52.0 Å². The van der Waals surface area contributed by atoms with Crippen molar-refractivity contribution in [3.05, 3.63) is 0 Å². The van der Waals surface area contributed by atoms with Crippen LogP contribution in [0.25, 0.3) is 0 Å². The highest BCUT2D eigenvalue weighted by atomic mass is 16.5. The molecule has 120 valence electrons. The van der Waals surface area contributed by atoms with Crippen molar-refractivity contribution in [2.45, 2.75) is 57.0 Å². The first-order valence-corrected chi connectivity index (χ1v) is 8.61. The molecule has 2 aliphatic heterocycles. The van der Waals surface area contributed by atoms with Gasteiger partial charge in [-0.1, -0.05) is 12.8 Å². The van der Waals surface area contributed by atoms with Gasteiger partial charge in [-0.25, -0.2) is 0 Å². The van der Waals surface area contributed by atoms with Crippen molar-refractivity contribution in [2.24, 2.45) is 11.8 Å². The van der Waals surface area contributed by atoms with E-state index >= 15 is 0 Å². The van der Waals surface area contributed by atoms with E-state index in [4.69, 9.17) is 9.47 Å². The molecule has 0 bridgehead atoms. The average Bonchev–Trinajstić information content (AvgIpc) is 2.95. The van der Waals surface area contributed by atoms with Crippen LogP contribution in [0.3, 0.4) is 0 Å². The van der Waals surface area contributed by atoms with Crippen molar-refractivity contribution in [2.75, 3.05) is 33.4 Å². The van der Waals surface area contributed by atoms with Crippen molar-refractivity contribution in [3.8, 4) is 0 Å². The normalized spacial score (nSPS) is 28.8. The van der Waals surface area contributed by atoms with Gasteiger partial charge >= 0.3 is 0 Å². The fourth-order valence-corrected chi connectivity index (χ4v) is 4.30. The van der Waals surface area contributed by atoms with Gasteiger partial charge in [0.25, 0.3) is 0 Å². The molecule has 0 radical (unpaired) electrons. The first-order valence-electron chi connectivity index (χ1n) is 8.61. The van der Waals surface area contributed by atoms with Crippen molar-refractivity contribution in [3.63, 3.8) is 0 Å². The molecule has 4 nitrogen and oxygen atoms in total. The molecule has 0 aromatic carbocycles. The lowest BCUT2D eigenvalue weighted by Crippen LogP contribution is -2.66. The van der Waals surface area contributed by atoms with E-state index in [1.807, 2.05) is 4.90 Å². The molecular formula is C17H29NO3. The second kappa shape index (κ2) is 6.66. The maximum atomic E-state index is 12.3. The number of carbonyl (C=O) groups is 1. The van der Waals surface area contributed by atoms with E-state index in [2.05, 4.69) is 0 Å². The summed E-state index contributed by atoms with van der Waals surface area (Å²) in [5.41, 5.74) is -0.0258. The standard InChI is InChI=1S/C17H29NO3/c1-20-8-6-15-7-9-21-17(11-15)12-18(13-17)16(19)10-14-4-2-3-5-14/h14-15H,2-13H2,1H3/t15-/m1/s1. The molecule has 0 aromatic heterocycles. The average molecular weight is 295 g/mol. The summed E-state index contributed by atoms with van der Waals surface area (Å²) < 4.78 is 11.2. The third-order valence-electron chi connectivity index (χ3n) is 5.57. The molecule has 1 atom stereocenters. The number of amides is 1. The van der Waals surface area contributed by atoms with E-state index < -0.39 is 0 Å². The molecule has 3 fully saturated rings. The van der Waals surface area contributed by atoms with Gasteiger partial charge in [0.2, 0.25) is 5.91 Å². The summed E-state index contributed by atoms with van der Waals surface area (Å²) in [5, 5.41) is 0. The lowest BCUT2D eigenvalue weighted by Gasteiger charge is -2.53. The topological polar surface area (TPSA) is 38.8 Å². The van der Waals surface area contributed by atoms with Crippen LogP contribution in [0.1, 0.15) is 51.4 Å². The summed E-state index contributed by atoms with van der Waals surface area (Å²) >= 11 is 0. The third-order valence-corrected chi connectivity index (χ3v) is 5.57. The van der Waals surface area contributed by atoms with Gasteiger partial charge in [-0.05, 0) is 43.9 Å². The van der Waals surface area contributed by atoms with E-state index in [1.54, 1.807) is 7.11 Å². The first-order chi connectivity index (χ1) is 10.2. The highest BCUT2D eigenvalue weighted by Crippen LogP contribution is 2.39. The number of ether oxygens (including phenoxy) is 2. The van der Waals surface area contributed by atoms with Gasteiger partial charge in [0, 0.05) is 26.7 Å². The molecule has 3 aliphatic rings. The Bertz CT molecular complexity index is 359. The van der Waals surface area contributed by atoms with Gasteiger partial charge < -0.3 is 14.4 Å². The Kier molecular flexibility index (Phi) is 4.85. The van der Waals surface area contributed by atoms with Gasteiger partial charge in [-0.3, -0.25) is 4.79 Å². The highest BCUT2D eigenvalue weighted by molar-refractivity contribution is 5.77. The number of nitrogens with zero attached hydrogens (tertiary/aromatic N) is 1. The number of methoxy groups -OCH3 is 1. The van der Waals surface area contributed by atoms with Gasteiger partial charge in [0.1, 0.15) is 5.60 Å². The van der Waals surface area contributed by atoms with Crippen LogP contribution < -0.4 is 0 Å². The lowest BCUT2D eigenvalue weighted by molar-refractivity contribution is -0.189. The second-order valence-corrected chi connectivity index (χ2v) is 7.28. The minimum Gasteiger partial charge on any atom is -0.385 e. The van der Waals surface area contributed by atoms with Crippen molar-refractivity contribution in [1.82, 2.24) is 4.90 Å². The summed E-state index contributed by atoms with van der Waals surface area (Å²) in [6.07, 6.45) is 9.25. The fraction of sp³-hybridized carbons (Fsp3) is 0.941. The molecule has 2 heterocycles. The fourth-order valence-electron chi connectivity index (χ4n) is 4.30. The Labute approximate surface area is 128 Å². The van der Waals surface area contributed by atoms with Crippen molar-refractivity contribution >= 4 is 5.91 Å². The zero-order chi connectivity index (χ0) is 14.7. The van der Waals surface area contributed by atoms with Crippen LogP contribution >= 0.6 is 0 Å². The van der Waals surface area contributed by atoms with Gasteiger partial charge in [-0.15, -0.1) is 0 Å². The number of carbonyl (C=O) groups excluding carboxylic acids is 1. The largest absolute Gasteiger partial charge is 0.385 e. The van der Waals surface area contributed by atoms with Crippen LogP contribution in [-0.4, -0.2) is 49.8 Å². The molecule has 0 unspecified atom stereocenters. The summed E-state index contributed by atoms with van der Waals surface area (Å²) in [4.78, 5) is 14.3. The zero-order valence-corrected chi connectivity index (χ0v) is 13.3. The lowest BCUT2D eigenvalue weighted by atomic mass is 9.79. The van der Waals surface area contributed by atoms with E-state index in [1.165, 1.54) is 25.7 Å². The minimum absolute atomic E-state index is 0.0258. The number of hydrogen-bond donors (Lipinski definition) is 0. The highest BCUT2D eigenvalue weighted by Gasteiger charge is 2.49. The zero-order valence-electron chi connectivity index (χ0n) is 13.3. The molecule has 0 aromatic rings. The van der Waals surface area contributed by atoms with Crippen LogP contribution in [0.15, 0.2) is 0 Å². The Morgan fingerprint density at radius 1 is 1.24 bits per heavy atom. The number of likely N-dealkylation sites (tertiary alicyclic amines) is 1. The summed E-state index contributed by atoms with van der Waals surface area (Å²) in [6, 6.07) is 0. The SMILES string of the molecule is COCC[C@@H]1CCOC2(C1)CN(C(=O)CC1CCCC1)C2. The van der Waals surface area contributed by atoms with Crippen molar-refractivity contribution < 1.29 is 14.3 Å². The van der Waals surface area contributed by atoms with E-state index in [-0.39, 0.29) is 5.60 Å². The van der Waals surface area contributed by atoms with Crippen LogP contribution in [0, 0.1) is 11.8 Å². The van der Waals surface area contributed by atoms with E-state index in [9.17, 15) is 4.79 Å². The van der Waals surface area contributed by atoms with E-state index in [0.29, 0.717) is 17.7 Å². The minimum atomic E-state index is -0.0258. The van der Waals surface area contributed by atoms with Gasteiger partial charge in [0.15, 0.2) is 0 Å². The Morgan fingerprint density at radius 2 is 2.00 bits per heavy atom. The molecule has 1 amide bonds. The maximum Gasteiger partial charge on any atom is 0.223 e. The summed E-state index contributed by atoms with van der Waals surface area (Å²) in [5.74, 6) is 1.71. The summed E-state index contributed by atoms with van der Waals surface area (Å²) in [7, 11) is 1.77. The molecule has 1 aliphatic carbocycles. The molecular weight excluding hydrogens is 266 g/mol. The van der Waals surface area contributed by atoms with Gasteiger partial charge in [-0.2, -0.15) is 0 Å². The van der Waals surface area contributed by atoms with Crippen LogP contribution in [-0.2, 0) is 14.3 Å². The molecule has 1 saturated carbocycles. The maximum absolute atomic E-state index is 12.3.